The molecule has 0 unspecified atom stereocenters. The Morgan fingerprint density at radius 3 is 2.90 bits per heavy atom. The zero-order chi connectivity index (χ0) is 14.5. The maximum absolute atomic E-state index is 11.8. The van der Waals surface area contributed by atoms with Crippen LogP contribution in [0.1, 0.15) is 15.9 Å². The van der Waals surface area contributed by atoms with Gasteiger partial charge in [-0.15, -0.1) is 11.8 Å². The van der Waals surface area contributed by atoms with E-state index in [1.165, 1.54) is 18.9 Å². The van der Waals surface area contributed by atoms with Gasteiger partial charge < -0.3 is 10.5 Å². The molecule has 0 spiro atoms. The molecule has 1 heterocycles. The molecule has 0 radical (unpaired) electrons. The summed E-state index contributed by atoms with van der Waals surface area (Å²) < 4.78 is 4.76. The summed E-state index contributed by atoms with van der Waals surface area (Å²) in [6.07, 6.45) is 1.68. The molecule has 104 valence electrons. The summed E-state index contributed by atoms with van der Waals surface area (Å²) in [5.74, 6) is 0.0949. The Bertz CT molecular complexity index is 634. The standard InChI is InChI=1S/C14H13ClN2O2S/c1-19-14(18)12-9(4-2-6-11(12)16)8-20-13-10(15)5-3-7-17-13/h2-7H,8,16H2,1H3. The fourth-order valence-corrected chi connectivity index (χ4v) is 2.87. The topological polar surface area (TPSA) is 65.2 Å². The molecule has 20 heavy (non-hydrogen) atoms. The molecule has 1 aromatic carbocycles. The number of halogens is 1. The Labute approximate surface area is 126 Å². The van der Waals surface area contributed by atoms with Gasteiger partial charge in [0.1, 0.15) is 5.03 Å². The van der Waals surface area contributed by atoms with Crippen molar-refractivity contribution >= 4 is 35.0 Å². The minimum Gasteiger partial charge on any atom is -0.465 e. The van der Waals surface area contributed by atoms with E-state index in [1.807, 2.05) is 6.07 Å². The van der Waals surface area contributed by atoms with Gasteiger partial charge in [0.25, 0.3) is 0 Å². The summed E-state index contributed by atoms with van der Waals surface area (Å²) >= 11 is 7.50. The predicted octanol–water partition coefficient (Wildman–Crippen LogP) is 3.40. The molecular formula is C14H13ClN2O2S. The van der Waals surface area contributed by atoms with Crippen LogP contribution in [-0.2, 0) is 10.5 Å². The van der Waals surface area contributed by atoms with Crippen LogP contribution in [-0.4, -0.2) is 18.1 Å². The predicted molar refractivity (Wildman–Crippen MR) is 81.0 cm³/mol. The Morgan fingerprint density at radius 2 is 2.20 bits per heavy atom. The van der Waals surface area contributed by atoms with Crippen molar-refractivity contribution < 1.29 is 9.53 Å². The summed E-state index contributed by atoms with van der Waals surface area (Å²) in [5.41, 5.74) is 7.44. The minimum absolute atomic E-state index is 0.398. The molecule has 6 heteroatoms. The summed E-state index contributed by atoms with van der Waals surface area (Å²) in [4.78, 5) is 16.0. The van der Waals surface area contributed by atoms with Crippen molar-refractivity contribution in [3.8, 4) is 0 Å². The van der Waals surface area contributed by atoms with Gasteiger partial charge in [-0.3, -0.25) is 0 Å². The molecule has 0 bridgehead atoms. The molecule has 2 aromatic rings. The summed E-state index contributed by atoms with van der Waals surface area (Å²) in [7, 11) is 1.33. The van der Waals surface area contributed by atoms with Gasteiger partial charge in [0.15, 0.2) is 0 Å². The van der Waals surface area contributed by atoms with E-state index in [-0.39, 0.29) is 0 Å². The largest absolute Gasteiger partial charge is 0.465 e. The van der Waals surface area contributed by atoms with Crippen LogP contribution in [0.15, 0.2) is 41.6 Å². The van der Waals surface area contributed by atoms with Crippen LogP contribution in [0, 0.1) is 0 Å². The van der Waals surface area contributed by atoms with E-state index in [0.29, 0.717) is 27.1 Å². The zero-order valence-electron chi connectivity index (χ0n) is 10.8. The molecule has 4 nitrogen and oxygen atoms in total. The Morgan fingerprint density at radius 1 is 1.40 bits per heavy atom. The average molecular weight is 309 g/mol. The Hall–Kier alpha value is -1.72. The Balaban J connectivity index is 2.24. The van der Waals surface area contributed by atoms with Crippen molar-refractivity contribution in [3.63, 3.8) is 0 Å². The number of benzene rings is 1. The average Bonchev–Trinajstić information content (AvgIpc) is 2.46. The van der Waals surface area contributed by atoms with Gasteiger partial charge in [-0.1, -0.05) is 23.7 Å². The number of carbonyl (C=O) groups excluding carboxylic acids is 1. The van der Waals surface area contributed by atoms with Gasteiger partial charge in [-0.25, -0.2) is 9.78 Å². The molecule has 0 aliphatic rings. The van der Waals surface area contributed by atoms with E-state index < -0.39 is 5.97 Å². The highest BCUT2D eigenvalue weighted by atomic mass is 35.5. The Kier molecular flexibility index (Phi) is 4.87. The molecule has 0 fully saturated rings. The fraction of sp³-hybridized carbons (Fsp3) is 0.143. The molecular weight excluding hydrogens is 296 g/mol. The number of methoxy groups -OCH3 is 1. The lowest BCUT2D eigenvalue weighted by Crippen LogP contribution is -2.09. The lowest BCUT2D eigenvalue weighted by atomic mass is 10.1. The van der Waals surface area contributed by atoms with Crippen molar-refractivity contribution in [1.29, 1.82) is 0 Å². The third-order valence-electron chi connectivity index (χ3n) is 2.66. The van der Waals surface area contributed by atoms with Crippen LogP contribution >= 0.6 is 23.4 Å². The first kappa shape index (κ1) is 14.7. The molecule has 2 N–H and O–H groups in total. The third-order valence-corrected chi connectivity index (χ3v) is 4.13. The molecule has 0 aliphatic heterocycles. The molecule has 1 aromatic heterocycles. The monoisotopic (exact) mass is 308 g/mol. The van der Waals surface area contributed by atoms with Crippen LogP contribution < -0.4 is 5.73 Å². The number of thioether (sulfide) groups is 1. The number of aromatic nitrogens is 1. The van der Waals surface area contributed by atoms with Gasteiger partial charge in [-0.05, 0) is 23.8 Å². The maximum Gasteiger partial charge on any atom is 0.340 e. The van der Waals surface area contributed by atoms with Crippen LogP contribution in [0.2, 0.25) is 5.02 Å². The number of rotatable bonds is 4. The number of hydrogen-bond acceptors (Lipinski definition) is 5. The first-order valence-electron chi connectivity index (χ1n) is 5.82. The van der Waals surface area contributed by atoms with Crippen molar-refractivity contribution in [3.05, 3.63) is 52.7 Å². The lowest BCUT2D eigenvalue weighted by molar-refractivity contribution is 0.0601. The summed E-state index contributed by atoms with van der Waals surface area (Å²) in [6.45, 7) is 0. The minimum atomic E-state index is -0.439. The van der Waals surface area contributed by atoms with Crippen molar-refractivity contribution in [1.82, 2.24) is 4.98 Å². The number of esters is 1. The number of anilines is 1. The number of carbonyl (C=O) groups is 1. The number of nitrogen functional groups attached to an aromatic ring is 1. The number of pyridine rings is 1. The second-order valence-electron chi connectivity index (χ2n) is 3.95. The third kappa shape index (κ3) is 3.23. The quantitative estimate of drug-likeness (QED) is 0.533. The van der Waals surface area contributed by atoms with Crippen molar-refractivity contribution in [2.75, 3.05) is 12.8 Å². The smallest absolute Gasteiger partial charge is 0.340 e. The van der Waals surface area contributed by atoms with Crippen LogP contribution in [0.4, 0.5) is 5.69 Å². The molecule has 0 saturated heterocycles. The molecule has 0 aliphatic carbocycles. The summed E-state index contributed by atoms with van der Waals surface area (Å²) in [5, 5.41) is 1.30. The van der Waals surface area contributed by atoms with E-state index in [9.17, 15) is 4.79 Å². The van der Waals surface area contributed by atoms with Crippen LogP contribution in [0.3, 0.4) is 0 Å². The van der Waals surface area contributed by atoms with E-state index >= 15 is 0 Å². The zero-order valence-corrected chi connectivity index (χ0v) is 12.4. The van der Waals surface area contributed by atoms with Gasteiger partial charge >= 0.3 is 5.97 Å². The summed E-state index contributed by atoms with van der Waals surface area (Å²) in [6, 6.07) is 8.86. The van der Waals surface area contributed by atoms with Gasteiger partial charge in [0, 0.05) is 17.6 Å². The van der Waals surface area contributed by atoms with Gasteiger partial charge in [0.2, 0.25) is 0 Å². The van der Waals surface area contributed by atoms with E-state index in [2.05, 4.69) is 4.98 Å². The van der Waals surface area contributed by atoms with Gasteiger partial charge in [0.05, 0.1) is 17.7 Å². The number of nitrogens with two attached hydrogens (primary N) is 1. The second-order valence-corrected chi connectivity index (χ2v) is 5.32. The molecule has 0 amide bonds. The highest BCUT2D eigenvalue weighted by Crippen LogP contribution is 2.29. The first-order valence-corrected chi connectivity index (χ1v) is 7.19. The molecule has 0 atom stereocenters. The number of ether oxygens (including phenoxy) is 1. The fourth-order valence-electron chi connectivity index (χ4n) is 1.71. The van der Waals surface area contributed by atoms with Crippen LogP contribution in [0.5, 0.6) is 0 Å². The van der Waals surface area contributed by atoms with E-state index in [1.54, 1.807) is 30.5 Å². The van der Waals surface area contributed by atoms with Crippen molar-refractivity contribution in [2.45, 2.75) is 10.8 Å². The van der Waals surface area contributed by atoms with Crippen molar-refractivity contribution in [2.24, 2.45) is 0 Å². The highest BCUT2D eigenvalue weighted by Gasteiger charge is 2.15. The highest BCUT2D eigenvalue weighted by molar-refractivity contribution is 7.98. The molecule has 0 saturated carbocycles. The number of hydrogen-bond donors (Lipinski definition) is 1. The van der Waals surface area contributed by atoms with E-state index in [0.717, 1.165) is 5.56 Å². The first-order chi connectivity index (χ1) is 9.63. The van der Waals surface area contributed by atoms with Crippen LogP contribution in [0.25, 0.3) is 0 Å². The SMILES string of the molecule is COC(=O)c1c(N)cccc1CSc1ncccc1Cl. The van der Waals surface area contributed by atoms with Gasteiger partial charge in [-0.2, -0.15) is 0 Å². The number of nitrogens with zero attached hydrogens (tertiary/aromatic N) is 1. The second kappa shape index (κ2) is 6.63. The normalized spacial score (nSPS) is 10.3. The van der Waals surface area contributed by atoms with E-state index in [4.69, 9.17) is 22.1 Å². The lowest BCUT2D eigenvalue weighted by Gasteiger charge is -2.10. The maximum atomic E-state index is 11.8. The molecule has 2 rings (SSSR count).